The molecule has 3 aliphatic rings. The number of carbonyl (C=O) groups is 2. The largest absolute Gasteiger partial charge is 0.362 e. The Morgan fingerprint density at radius 1 is 1.09 bits per heavy atom. The van der Waals surface area contributed by atoms with E-state index < -0.39 is 11.5 Å². The molecule has 3 heterocycles. The summed E-state index contributed by atoms with van der Waals surface area (Å²) in [4.78, 5) is 27.3. The van der Waals surface area contributed by atoms with Crippen LogP contribution < -0.4 is 4.90 Å². The summed E-state index contributed by atoms with van der Waals surface area (Å²) in [5.41, 5.74) is 3.17. The van der Waals surface area contributed by atoms with Gasteiger partial charge in [-0.15, -0.1) is 0 Å². The molecule has 1 aromatic rings. The molecule has 4 rings (SSSR count). The van der Waals surface area contributed by atoms with Gasteiger partial charge < -0.3 is 4.74 Å². The first kappa shape index (κ1) is 13.7. The number of imide groups is 1. The SMILES string of the molecule is Cc1cc(C)c(N2C(=O)[C@@H]3[C@@H]4C=C[C@](C)(O4)[C@@H]3C2=O)c(C)c1. The highest BCUT2D eigenvalue weighted by molar-refractivity contribution is 6.24. The summed E-state index contributed by atoms with van der Waals surface area (Å²) in [6.07, 6.45) is 3.59. The third-order valence-corrected chi connectivity index (χ3v) is 5.19. The molecule has 0 radical (unpaired) electrons. The minimum atomic E-state index is -0.636. The highest BCUT2D eigenvalue weighted by Gasteiger charge is 2.66. The zero-order valence-electron chi connectivity index (χ0n) is 13.2. The normalized spacial score (nSPS) is 35.6. The molecule has 2 bridgehead atoms. The van der Waals surface area contributed by atoms with E-state index in [1.807, 2.05) is 52.0 Å². The van der Waals surface area contributed by atoms with Crippen LogP contribution in [0.15, 0.2) is 24.3 Å². The van der Waals surface area contributed by atoms with Gasteiger partial charge in [-0.1, -0.05) is 29.8 Å². The topological polar surface area (TPSA) is 46.6 Å². The van der Waals surface area contributed by atoms with Crippen LogP contribution in [0.4, 0.5) is 5.69 Å². The van der Waals surface area contributed by atoms with Crippen LogP contribution in [-0.2, 0) is 14.3 Å². The van der Waals surface area contributed by atoms with Crippen LogP contribution in [0.5, 0.6) is 0 Å². The van der Waals surface area contributed by atoms with Crippen molar-refractivity contribution in [2.45, 2.75) is 39.4 Å². The highest BCUT2D eigenvalue weighted by atomic mass is 16.5. The maximum Gasteiger partial charge on any atom is 0.241 e. The summed E-state index contributed by atoms with van der Waals surface area (Å²) in [5, 5.41) is 0. The van der Waals surface area contributed by atoms with Crippen LogP contribution in [0, 0.1) is 32.6 Å². The maximum atomic E-state index is 13.0. The van der Waals surface area contributed by atoms with Crippen molar-refractivity contribution in [3.05, 3.63) is 41.0 Å². The number of nitrogens with zero attached hydrogens (tertiary/aromatic N) is 1. The highest BCUT2D eigenvalue weighted by Crippen LogP contribution is 2.52. The second-order valence-electron chi connectivity index (χ2n) is 6.89. The molecule has 0 aromatic heterocycles. The van der Waals surface area contributed by atoms with Gasteiger partial charge >= 0.3 is 0 Å². The van der Waals surface area contributed by atoms with E-state index in [0.29, 0.717) is 0 Å². The van der Waals surface area contributed by atoms with Crippen LogP contribution in [-0.4, -0.2) is 23.5 Å². The zero-order chi connectivity index (χ0) is 15.8. The number of aryl methyl sites for hydroxylation is 3. The van der Waals surface area contributed by atoms with Gasteiger partial charge in [0.1, 0.15) is 0 Å². The van der Waals surface area contributed by atoms with Crippen LogP contribution in [0.25, 0.3) is 0 Å². The summed E-state index contributed by atoms with van der Waals surface area (Å²) in [5.74, 6) is -1.01. The smallest absolute Gasteiger partial charge is 0.241 e. The van der Waals surface area contributed by atoms with E-state index in [9.17, 15) is 9.59 Å². The monoisotopic (exact) mass is 297 g/mol. The molecule has 0 aliphatic carbocycles. The van der Waals surface area contributed by atoms with Crippen LogP contribution >= 0.6 is 0 Å². The predicted octanol–water partition coefficient (Wildman–Crippen LogP) is 2.44. The van der Waals surface area contributed by atoms with Crippen molar-refractivity contribution in [2.24, 2.45) is 11.8 Å². The molecule has 2 amide bonds. The van der Waals surface area contributed by atoms with Gasteiger partial charge in [0.05, 0.1) is 29.2 Å². The molecule has 22 heavy (non-hydrogen) atoms. The number of hydrogen-bond acceptors (Lipinski definition) is 3. The number of carbonyl (C=O) groups excluding carboxylic acids is 2. The van der Waals surface area contributed by atoms with Gasteiger partial charge in [-0.25, -0.2) is 4.90 Å². The van der Waals surface area contributed by atoms with E-state index >= 15 is 0 Å². The average Bonchev–Trinajstić information content (AvgIpc) is 3.01. The van der Waals surface area contributed by atoms with E-state index in [2.05, 4.69) is 0 Å². The van der Waals surface area contributed by atoms with Crippen molar-refractivity contribution >= 4 is 17.5 Å². The first-order chi connectivity index (χ1) is 10.3. The van der Waals surface area contributed by atoms with Crippen molar-refractivity contribution in [3.63, 3.8) is 0 Å². The first-order valence-corrected chi connectivity index (χ1v) is 7.66. The lowest BCUT2D eigenvalue weighted by Crippen LogP contribution is -2.39. The van der Waals surface area contributed by atoms with Crippen molar-refractivity contribution < 1.29 is 14.3 Å². The molecule has 0 unspecified atom stereocenters. The van der Waals surface area contributed by atoms with Gasteiger partial charge in [-0.3, -0.25) is 9.59 Å². The number of amides is 2. The summed E-state index contributed by atoms with van der Waals surface area (Å²) in [6, 6.07) is 4.03. The maximum absolute atomic E-state index is 13.0. The third-order valence-electron chi connectivity index (χ3n) is 5.19. The van der Waals surface area contributed by atoms with Gasteiger partial charge in [0.25, 0.3) is 0 Å². The molecule has 114 valence electrons. The zero-order valence-corrected chi connectivity index (χ0v) is 13.2. The molecule has 4 nitrogen and oxygen atoms in total. The van der Waals surface area contributed by atoms with Gasteiger partial charge in [0, 0.05) is 0 Å². The Morgan fingerprint density at radius 2 is 1.73 bits per heavy atom. The van der Waals surface area contributed by atoms with Crippen molar-refractivity contribution in [2.75, 3.05) is 4.90 Å². The van der Waals surface area contributed by atoms with Crippen LogP contribution in [0.3, 0.4) is 0 Å². The number of fused-ring (bicyclic) bond motifs is 5. The number of anilines is 1. The molecule has 0 N–H and O–H groups in total. The van der Waals surface area contributed by atoms with E-state index in [1.165, 1.54) is 4.90 Å². The Morgan fingerprint density at radius 3 is 2.32 bits per heavy atom. The minimum Gasteiger partial charge on any atom is -0.362 e. The van der Waals surface area contributed by atoms with Gasteiger partial charge in [-0.2, -0.15) is 0 Å². The van der Waals surface area contributed by atoms with Crippen LogP contribution in [0.2, 0.25) is 0 Å². The average molecular weight is 297 g/mol. The fraction of sp³-hybridized carbons (Fsp3) is 0.444. The number of ether oxygens (including phenoxy) is 1. The van der Waals surface area contributed by atoms with Crippen molar-refractivity contribution in [1.82, 2.24) is 0 Å². The fourth-order valence-electron chi connectivity index (χ4n) is 4.40. The van der Waals surface area contributed by atoms with E-state index in [-0.39, 0.29) is 23.8 Å². The lowest BCUT2D eigenvalue weighted by Gasteiger charge is -2.25. The molecule has 4 atom stereocenters. The quantitative estimate of drug-likeness (QED) is 0.591. The van der Waals surface area contributed by atoms with E-state index in [4.69, 9.17) is 4.74 Å². The Kier molecular flexibility index (Phi) is 2.54. The Labute approximate surface area is 129 Å². The molecule has 1 aromatic carbocycles. The van der Waals surface area contributed by atoms with E-state index in [0.717, 1.165) is 22.4 Å². The Balaban J connectivity index is 1.84. The molecular weight excluding hydrogens is 278 g/mol. The number of hydrogen-bond donors (Lipinski definition) is 0. The lowest BCUT2D eigenvalue weighted by molar-refractivity contribution is -0.126. The summed E-state index contributed by atoms with van der Waals surface area (Å²) < 4.78 is 5.85. The molecule has 3 aliphatic heterocycles. The fourth-order valence-corrected chi connectivity index (χ4v) is 4.40. The molecule has 4 heteroatoms. The summed E-state index contributed by atoms with van der Waals surface area (Å²) in [7, 11) is 0. The second kappa shape index (κ2) is 4.07. The minimum absolute atomic E-state index is 0.122. The predicted molar refractivity (Wildman–Crippen MR) is 82.5 cm³/mol. The first-order valence-electron chi connectivity index (χ1n) is 7.66. The lowest BCUT2D eigenvalue weighted by atomic mass is 9.78. The second-order valence-corrected chi connectivity index (χ2v) is 6.89. The van der Waals surface area contributed by atoms with Crippen molar-refractivity contribution in [1.29, 1.82) is 0 Å². The summed E-state index contributed by atoms with van der Waals surface area (Å²) >= 11 is 0. The van der Waals surface area contributed by atoms with Gasteiger partial charge in [0.15, 0.2) is 0 Å². The number of benzene rings is 1. The standard InChI is InChI=1S/C18H19NO3/c1-9-7-10(2)15(11(3)8-9)19-16(20)13-12-5-6-18(4,22-12)14(13)17(19)21/h5-8,12-14H,1-4H3/t12-,13+,14-,18-/m0/s1. The van der Waals surface area contributed by atoms with Crippen molar-refractivity contribution in [3.8, 4) is 0 Å². The Bertz CT molecular complexity index is 728. The molecule has 2 saturated heterocycles. The third kappa shape index (κ3) is 1.51. The molecule has 0 saturated carbocycles. The molecular formula is C18H19NO3. The molecule has 0 spiro atoms. The van der Waals surface area contributed by atoms with E-state index in [1.54, 1.807) is 0 Å². The number of rotatable bonds is 1. The molecule has 2 fully saturated rings. The van der Waals surface area contributed by atoms with Crippen LogP contribution in [0.1, 0.15) is 23.6 Å². The summed E-state index contributed by atoms with van der Waals surface area (Å²) in [6.45, 7) is 7.83. The van der Waals surface area contributed by atoms with Gasteiger partial charge in [0.2, 0.25) is 11.8 Å². The Hall–Kier alpha value is -1.94. The van der Waals surface area contributed by atoms with Gasteiger partial charge in [-0.05, 0) is 38.8 Å².